The highest BCUT2D eigenvalue weighted by molar-refractivity contribution is 6.17. The van der Waals surface area contributed by atoms with Gasteiger partial charge in [0.1, 0.15) is 0 Å². The van der Waals surface area contributed by atoms with E-state index in [9.17, 15) is 9.59 Å². The summed E-state index contributed by atoms with van der Waals surface area (Å²) in [5.74, 6) is -0.574. The average molecular weight is 261 g/mol. The van der Waals surface area contributed by atoms with Crippen molar-refractivity contribution in [3.8, 4) is 0 Å². The van der Waals surface area contributed by atoms with Crippen molar-refractivity contribution < 1.29 is 19.1 Å². The zero-order chi connectivity index (χ0) is 14.2. The van der Waals surface area contributed by atoms with Crippen LogP contribution in [0.15, 0.2) is 34.1 Å². The number of fused-ring (bicyclic) bond motifs is 1. The van der Waals surface area contributed by atoms with Crippen LogP contribution in [0, 0.1) is 0 Å². The van der Waals surface area contributed by atoms with Crippen LogP contribution >= 0.6 is 0 Å². The van der Waals surface area contributed by atoms with Crippen LogP contribution in [0.2, 0.25) is 0 Å². The Hall–Kier alpha value is -1.88. The van der Waals surface area contributed by atoms with E-state index in [-0.39, 0.29) is 11.1 Å². The molecule has 5 heteroatoms. The van der Waals surface area contributed by atoms with Gasteiger partial charge < -0.3 is 15.2 Å². The van der Waals surface area contributed by atoms with Crippen molar-refractivity contribution in [1.82, 2.24) is 0 Å². The Bertz CT molecular complexity index is 636. The molecule has 1 aliphatic carbocycles. The molecule has 0 bridgehead atoms. The number of hydrogen-bond acceptors (Lipinski definition) is 5. The van der Waals surface area contributed by atoms with Crippen LogP contribution in [-0.2, 0) is 19.1 Å². The molecule has 2 heterocycles. The zero-order valence-electron chi connectivity index (χ0n) is 11.3. The molecule has 0 fully saturated rings. The molecular formula is C14H15NO4. The second-order valence-electron chi connectivity index (χ2n) is 5.56. The predicted octanol–water partition coefficient (Wildman–Crippen LogP) is 1.11. The minimum absolute atomic E-state index is 0.212. The Labute approximate surface area is 110 Å². The van der Waals surface area contributed by atoms with Gasteiger partial charge in [-0.3, -0.25) is 0 Å². The van der Waals surface area contributed by atoms with E-state index >= 15 is 0 Å². The lowest BCUT2D eigenvalue weighted by Gasteiger charge is -2.44. The number of esters is 2. The van der Waals surface area contributed by atoms with Crippen molar-refractivity contribution in [1.29, 1.82) is 0 Å². The van der Waals surface area contributed by atoms with Crippen LogP contribution in [0.3, 0.4) is 0 Å². The minimum Gasteiger partial charge on any atom is -0.485 e. The molecule has 0 unspecified atom stereocenters. The van der Waals surface area contributed by atoms with Gasteiger partial charge in [-0.15, -0.1) is 0 Å². The summed E-state index contributed by atoms with van der Waals surface area (Å²) in [5.41, 5.74) is 6.42. The van der Waals surface area contributed by atoms with Gasteiger partial charge in [0.15, 0.2) is 5.60 Å². The van der Waals surface area contributed by atoms with Crippen molar-refractivity contribution in [3.63, 3.8) is 0 Å². The Morgan fingerprint density at radius 3 is 2.42 bits per heavy atom. The van der Waals surface area contributed by atoms with Crippen molar-refractivity contribution in [3.05, 3.63) is 34.1 Å². The fourth-order valence-electron chi connectivity index (χ4n) is 3.18. The van der Waals surface area contributed by atoms with Crippen LogP contribution < -0.4 is 5.73 Å². The maximum atomic E-state index is 11.9. The van der Waals surface area contributed by atoms with E-state index in [1.54, 1.807) is 13.8 Å². The van der Waals surface area contributed by atoms with Crippen molar-refractivity contribution in [2.24, 2.45) is 5.73 Å². The third-order valence-electron chi connectivity index (χ3n) is 4.36. The smallest absolute Gasteiger partial charge is 0.346 e. The molecule has 0 spiro atoms. The second kappa shape index (κ2) is 3.17. The van der Waals surface area contributed by atoms with Crippen molar-refractivity contribution in [2.45, 2.75) is 38.8 Å². The van der Waals surface area contributed by atoms with Gasteiger partial charge in [-0.25, -0.2) is 9.59 Å². The Morgan fingerprint density at radius 1 is 1.16 bits per heavy atom. The van der Waals surface area contributed by atoms with Crippen LogP contribution in [0.25, 0.3) is 0 Å². The number of hydrogen-bond donors (Lipinski definition) is 1. The van der Waals surface area contributed by atoms with Gasteiger partial charge in [0, 0.05) is 5.57 Å². The highest BCUT2D eigenvalue weighted by Gasteiger charge is 2.60. The molecule has 0 radical (unpaired) electrons. The topological polar surface area (TPSA) is 78.6 Å². The lowest BCUT2D eigenvalue weighted by molar-refractivity contribution is -0.151. The van der Waals surface area contributed by atoms with E-state index in [1.165, 1.54) is 0 Å². The molecule has 2 atom stereocenters. The molecule has 0 amide bonds. The fraction of sp³-hybridized carbons (Fsp3) is 0.429. The summed E-state index contributed by atoms with van der Waals surface area (Å²) in [4.78, 5) is 23.8. The summed E-state index contributed by atoms with van der Waals surface area (Å²) >= 11 is 0. The van der Waals surface area contributed by atoms with Gasteiger partial charge in [-0.2, -0.15) is 0 Å². The van der Waals surface area contributed by atoms with Gasteiger partial charge in [0.25, 0.3) is 0 Å². The lowest BCUT2D eigenvalue weighted by atomic mass is 9.66. The number of allylic oxidation sites excluding steroid dienone is 1. The largest absolute Gasteiger partial charge is 0.485 e. The highest BCUT2D eigenvalue weighted by atomic mass is 16.6. The van der Waals surface area contributed by atoms with E-state index in [1.807, 2.05) is 19.9 Å². The molecule has 19 heavy (non-hydrogen) atoms. The summed E-state index contributed by atoms with van der Waals surface area (Å²) in [6.07, 6.45) is 1.86. The number of rotatable bonds is 0. The molecule has 3 aliphatic rings. The van der Waals surface area contributed by atoms with E-state index in [4.69, 9.17) is 15.2 Å². The second-order valence-corrected chi connectivity index (χ2v) is 5.56. The zero-order valence-corrected chi connectivity index (χ0v) is 11.3. The number of carbonyl (C=O) groups is 2. The normalized spacial score (nSPS) is 37.0. The summed E-state index contributed by atoms with van der Waals surface area (Å²) in [6.45, 7) is 7.14. The number of cyclic esters (lactones) is 2. The Kier molecular flexibility index (Phi) is 2.03. The first-order chi connectivity index (χ1) is 8.70. The summed E-state index contributed by atoms with van der Waals surface area (Å²) in [7, 11) is 0. The quantitative estimate of drug-likeness (QED) is 0.522. The maximum absolute atomic E-state index is 11.9. The van der Waals surface area contributed by atoms with E-state index in [0.717, 1.165) is 11.3 Å². The van der Waals surface area contributed by atoms with Crippen LogP contribution in [0.1, 0.15) is 27.7 Å². The summed E-state index contributed by atoms with van der Waals surface area (Å²) in [5, 5.41) is 0. The molecule has 0 aromatic carbocycles. The van der Waals surface area contributed by atoms with Crippen LogP contribution in [-0.4, -0.2) is 23.1 Å². The molecule has 0 aromatic rings. The monoisotopic (exact) mass is 261 g/mol. The fourth-order valence-corrected chi connectivity index (χ4v) is 3.18. The third kappa shape index (κ3) is 1.18. The van der Waals surface area contributed by atoms with Gasteiger partial charge in [-0.05, 0) is 39.3 Å². The summed E-state index contributed by atoms with van der Waals surface area (Å²) < 4.78 is 10.6. The third-order valence-corrected chi connectivity index (χ3v) is 4.36. The molecule has 2 aliphatic heterocycles. The predicted molar refractivity (Wildman–Crippen MR) is 66.7 cm³/mol. The number of nitrogens with two attached hydrogens (primary N) is 1. The van der Waals surface area contributed by atoms with E-state index < -0.39 is 23.1 Å². The standard InChI is InChI=1S/C14H15NO4/c1-6-5-8-7(2)9-10(12(17)18-11(9)16)13(3,15)14(8,4)19-6/h5H,15H2,1-4H3/t13-,14+/m0/s1. The minimum atomic E-state index is -1.12. The molecule has 0 aromatic heterocycles. The molecular weight excluding hydrogens is 246 g/mol. The van der Waals surface area contributed by atoms with Gasteiger partial charge in [-0.1, -0.05) is 0 Å². The maximum Gasteiger partial charge on any atom is 0.346 e. The molecule has 0 saturated heterocycles. The van der Waals surface area contributed by atoms with Crippen LogP contribution in [0.4, 0.5) is 0 Å². The van der Waals surface area contributed by atoms with Crippen molar-refractivity contribution in [2.75, 3.05) is 0 Å². The van der Waals surface area contributed by atoms with E-state index in [0.29, 0.717) is 5.57 Å². The first-order valence-electron chi connectivity index (χ1n) is 6.09. The van der Waals surface area contributed by atoms with Crippen molar-refractivity contribution >= 4 is 11.9 Å². The van der Waals surface area contributed by atoms with E-state index in [2.05, 4.69) is 0 Å². The average Bonchev–Trinajstić information content (AvgIpc) is 2.75. The Morgan fingerprint density at radius 2 is 1.79 bits per heavy atom. The SMILES string of the molecule is CC1=CC2=C(C)C3=C(C(=O)OC3=O)[C@](C)(N)[C@]2(C)O1. The van der Waals surface area contributed by atoms with Crippen LogP contribution in [0.5, 0.6) is 0 Å². The number of carbonyl (C=O) groups excluding carboxylic acids is 2. The number of ether oxygens (including phenoxy) is 2. The molecule has 0 saturated carbocycles. The first kappa shape index (κ1) is 12.2. The van der Waals surface area contributed by atoms with Gasteiger partial charge >= 0.3 is 11.9 Å². The highest BCUT2D eigenvalue weighted by Crippen LogP contribution is 2.51. The van der Waals surface area contributed by atoms with Gasteiger partial charge in [0.05, 0.1) is 22.4 Å². The first-order valence-corrected chi connectivity index (χ1v) is 6.09. The molecule has 100 valence electrons. The Balaban J connectivity index is 2.36. The molecule has 3 rings (SSSR count). The summed E-state index contributed by atoms with van der Waals surface area (Å²) in [6, 6.07) is 0. The molecule has 5 nitrogen and oxygen atoms in total. The lowest BCUT2D eigenvalue weighted by Crippen LogP contribution is -2.61. The molecule has 2 N–H and O–H groups in total. The van der Waals surface area contributed by atoms with Gasteiger partial charge in [0.2, 0.25) is 0 Å².